The number of methoxy groups -OCH3 is 1. The predicted octanol–water partition coefficient (Wildman–Crippen LogP) is 1.44. The van der Waals surface area contributed by atoms with Gasteiger partial charge >= 0.3 is 16.5 Å². The molecule has 2 aliphatic heterocycles. The molecule has 0 aromatic rings. The highest BCUT2D eigenvalue weighted by Crippen LogP contribution is 2.39. The third kappa shape index (κ3) is 6.01. The number of hydrogen-bond acceptors (Lipinski definition) is 9. The van der Waals surface area contributed by atoms with E-state index in [1.54, 1.807) is 6.92 Å². The van der Waals surface area contributed by atoms with Gasteiger partial charge in [-0.05, 0) is 0 Å². The van der Waals surface area contributed by atoms with Crippen molar-refractivity contribution in [2.45, 2.75) is 50.3 Å². The van der Waals surface area contributed by atoms with Crippen LogP contribution in [0.2, 0.25) is 0 Å². The largest absolute Gasteiger partial charge is 0.697 e. The van der Waals surface area contributed by atoms with Crippen LogP contribution in [0.25, 0.3) is 0 Å². The van der Waals surface area contributed by atoms with E-state index in [1.807, 2.05) is 6.92 Å². The SMILES string of the molecule is [B][C@@H]1O[C@H](CO[P+](=O)O[C@@H]2C(C)[C@H]([B])O[C@@H]2COC)[C@H](O[P+](=O)OC)C1C. The number of ether oxygens (including phenoxy) is 3. The first-order valence-electron chi connectivity index (χ1n) is 8.54. The van der Waals surface area contributed by atoms with Crippen molar-refractivity contribution in [3.63, 3.8) is 0 Å². The molecule has 2 aliphatic rings. The van der Waals surface area contributed by atoms with Crippen LogP contribution in [0.4, 0.5) is 0 Å². The zero-order chi connectivity index (χ0) is 20.1. The lowest BCUT2D eigenvalue weighted by Crippen LogP contribution is -2.32. The van der Waals surface area contributed by atoms with E-state index < -0.39 is 52.9 Å². The van der Waals surface area contributed by atoms with Crippen LogP contribution >= 0.6 is 16.5 Å². The third-order valence-electron chi connectivity index (χ3n) is 4.71. The normalized spacial score (nSPS) is 40.3. The Kier molecular flexibility index (Phi) is 9.26. The Morgan fingerprint density at radius 1 is 0.852 bits per heavy atom. The molecule has 9 nitrogen and oxygen atoms in total. The molecule has 0 bridgehead atoms. The van der Waals surface area contributed by atoms with E-state index >= 15 is 0 Å². The van der Waals surface area contributed by atoms with Gasteiger partial charge in [-0.3, -0.25) is 0 Å². The fourth-order valence-electron chi connectivity index (χ4n) is 3.02. The van der Waals surface area contributed by atoms with Gasteiger partial charge in [0.25, 0.3) is 0 Å². The van der Waals surface area contributed by atoms with E-state index in [4.69, 9.17) is 43.5 Å². The van der Waals surface area contributed by atoms with E-state index in [9.17, 15) is 9.13 Å². The minimum Gasteiger partial charge on any atom is -0.382 e. The first kappa shape index (κ1) is 23.3. The Morgan fingerprint density at radius 2 is 1.33 bits per heavy atom. The molecule has 0 aromatic carbocycles. The zero-order valence-electron chi connectivity index (χ0n) is 15.8. The van der Waals surface area contributed by atoms with Crippen LogP contribution in [0, 0.1) is 11.8 Å². The summed E-state index contributed by atoms with van der Waals surface area (Å²) in [7, 11) is 9.72. The van der Waals surface area contributed by atoms with E-state index in [0.717, 1.165) is 0 Å². The molecule has 4 unspecified atom stereocenters. The van der Waals surface area contributed by atoms with Crippen LogP contribution in [0.15, 0.2) is 0 Å². The quantitative estimate of drug-likeness (QED) is 0.384. The molecular weight excluding hydrogens is 396 g/mol. The average Bonchev–Trinajstić information content (AvgIpc) is 3.05. The number of hydrogen-bond donors (Lipinski definition) is 0. The molecule has 2 saturated heterocycles. The lowest BCUT2D eigenvalue weighted by Gasteiger charge is -2.15. The maximum Gasteiger partial charge on any atom is 0.697 e. The van der Waals surface area contributed by atoms with Gasteiger partial charge in [0.1, 0.15) is 46.7 Å². The molecule has 10 atom stereocenters. The topological polar surface area (TPSA) is 98.8 Å². The summed E-state index contributed by atoms with van der Waals surface area (Å²) in [6.07, 6.45) is -2.28. The van der Waals surface area contributed by atoms with Crippen LogP contribution in [0.5, 0.6) is 0 Å². The summed E-state index contributed by atoms with van der Waals surface area (Å²) in [6.45, 7) is 3.76. The van der Waals surface area contributed by atoms with Crippen molar-refractivity contribution >= 4 is 32.2 Å². The van der Waals surface area contributed by atoms with E-state index in [1.165, 1.54) is 14.2 Å². The molecule has 27 heavy (non-hydrogen) atoms. The Labute approximate surface area is 163 Å². The lowest BCUT2D eigenvalue weighted by atomic mass is 9.86. The van der Waals surface area contributed by atoms with Crippen LogP contribution < -0.4 is 0 Å². The van der Waals surface area contributed by atoms with Crippen LogP contribution in [-0.4, -0.2) is 79.5 Å². The maximum atomic E-state index is 12.3. The van der Waals surface area contributed by atoms with Gasteiger partial charge in [-0.15, -0.1) is 18.1 Å². The van der Waals surface area contributed by atoms with Crippen molar-refractivity contribution in [1.82, 2.24) is 0 Å². The first-order chi connectivity index (χ1) is 12.8. The fraction of sp³-hybridized carbons (Fsp3) is 1.00. The molecule has 2 fully saturated rings. The van der Waals surface area contributed by atoms with Crippen LogP contribution in [0.1, 0.15) is 13.8 Å². The van der Waals surface area contributed by atoms with Gasteiger partial charge in [0.05, 0.1) is 13.7 Å². The lowest BCUT2D eigenvalue weighted by molar-refractivity contribution is -0.0188. The molecule has 0 aliphatic carbocycles. The van der Waals surface area contributed by atoms with Crippen LogP contribution in [0.3, 0.4) is 0 Å². The summed E-state index contributed by atoms with van der Waals surface area (Å²) in [6, 6.07) is -1.17. The summed E-state index contributed by atoms with van der Waals surface area (Å²) in [5.41, 5.74) is 0. The maximum absolute atomic E-state index is 12.3. The molecule has 0 aromatic heterocycles. The van der Waals surface area contributed by atoms with Crippen molar-refractivity contribution in [3.05, 3.63) is 0 Å². The van der Waals surface area contributed by atoms with Gasteiger partial charge in [-0.2, -0.15) is 0 Å². The Bertz CT molecular complexity index is 529. The van der Waals surface area contributed by atoms with Gasteiger partial charge in [0, 0.05) is 40.1 Å². The molecule has 0 spiro atoms. The minimum absolute atomic E-state index is 0.117. The molecule has 2 heterocycles. The summed E-state index contributed by atoms with van der Waals surface area (Å²) >= 11 is 0. The molecule has 2 rings (SSSR count). The van der Waals surface area contributed by atoms with Gasteiger partial charge in [-0.25, -0.2) is 0 Å². The Hall–Kier alpha value is 0.0499. The van der Waals surface area contributed by atoms with E-state index in [0.29, 0.717) is 0 Å². The highest BCUT2D eigenvalue weighted by molar-refractivity contribution is 7.33. The van der Waals surface area contributed by atoms with Gasteiger partial charge in [0.15, 0.2) is 0 Å². The molecule has 4 radical (unpaired) electrons. The van der Waals surface area contributed by atoms with Gasteiger partial charge in [0.2, 0.25) is 0 Å². The number of rotatable bonds is 10. The second kappa shape index (κ2) is 10.7. The van der Waals surface area contributed by atoms with Gasteiger partial charge in [-0.1, -0.05) is 13.8 Å². The summed E-state index contributed by atoms with van der Waals surface area (Å²) < 4.78 is 60.7. The third-order valence-corrected chi connectivity index (χ3v) is 6.20. The molecule has 148 valence electrons. The van der Waals surface area contributed by atoms with Crippen molar-refractivity contribution in [2.75, 3.05) is 27.4 Å². The predicted molar refractivity (Wildman–Crippen MR) is 97.0 cm³/mol. The minimum atomic E-state index is -2.48. The zero-order valence-corrected chi connectivity index (χ0v) is 17.5. The second-order valence-corrected chi connectivity index (χ2v) is 8.46. The van der Waals surface area contributed by atoms with Crippen LogP contribution in [-0.2, 0) is 41.4 Å². The van der Waals surface area contributed by atoms with Crippen molar-refractivity contribution < 1.29 is 41.4 Å². The summed E-state index contributed by atoms with van der Waals surface area (Å²) in [5.74, 6) is -0.440. The second-order valence-electron chi connectivity index (χ2n) is 6.52. The van der Waals surface area contributed by atoms with E-state index in [2.05, 4.69) is 4.52 Å². The van der Waals surface area contributed by atoms with Crippen molar-refractivity contribution in [2.24, 2.45) is 11.8 Å². The standard InChI is InChI=1S/C14H24B2O9P2/c1-7-11(9(5-19-3)22-13(7)15)25-27(18)21-6-10-12(24-26(17)20-4)8(2)14(16)23-10/h7-14H,5-6H2,1-4H3/q+2/t7?,8?,9-,10-,11-,12-,13-,14-/m1/s1. The Morgan fingerprint density at radius 3 is 1.81 bits per heavy atom. The molecule has 13 heteroatoms. The highest BCUT2D eigenvalue weighted by Gasteiger charge is 2.49. The van der Waals surface area contributed by atoms with E-state index in [-0.39, 0.29) is 25.0 Å². The molecule has 0 amide bonds. The summed E-state index contributed by atoms with van der Waals surface area (Å²) in [5, 5.41) is 0. The van der Waals surface area contributed by atoms with Crippen molar-refractivity contribution in [1.29, 1.82) is 0 Å². The molecule has 0 saturated carbocycles. The molecule has 0 N–H and O–H groups in total. The average molecular weight is 420 g/mol. The van der Waals surface area contributed by atoms with Gasteiger partial charge < -0.3 is 14.2 Å². The Balaban J connectivity index is 1.89. The highest BCUT2D eigenvalue weighted by atomic mass is 31.1. The molecular formula is C14H24B2O9P2+2. The monoisotopic (exact) mass is 420 g/mol. The fourth-order valence-corrected chi connectivity index (χ4v) is 4.49. The first-order valence-corrected chi connectivity index (χ1v) is 10.7. The summed E-state index contributed by atoms with van der Waals surface area (Å²) in [4.78, 5) is 0. The van der Waals surface area contributed by atoms with Crippen molar-refractivity contribution in [3.8, 4) is 0 Å². The smallest absolute Gasteiger partial charge is 0.382 e.